The van der Waals surface area contributed by atoms with Gasteiger partial charge in [0, 0.05) is 71.3 Å². The highest BCUT2D eigenvalue weighted by Gasteiger charge is 2.31. The van der Waals surface area contributed by atoms with Gasteiger partial charge in [-0.1, -0.05) is 12.1 Å². The minimum atomic E-state index is -0.556. The molecular weight excluding hydrogens is 382 g/mol. The fourth-order valence-corrected chi connectivity index (χ4v) is 4.32. The van der Waals surface area contributed by atoms with Gasteiger partial charge in [-0.15, -0.1) is 0 Å². The molecule has 1 aromatic carbocycles. The molecule has 0 unspecified atom stereocenters. The molecule has 0 aromatic heterocycles. The number of hydrogen-bond donors (Lipinski definition) is 2. The molecule has 8 heteroatoms. The molecule has 2 heterocycles. The van der Waals surface area contributed by atoms with Crippen LogP contribution in [0, 0.1) is 0 Å². The van der Waals surface area contributed by atoms with Gasteiger partial charge < -0.3 is 24.9 Å². The highest BCUT2D eigenvalue weighted by molar-refractivity contribution is 6.35. The second-order valence-electron chi connectivity index (χ2n) is 8.41. The smallest absolute Gasteiger partial charge is 0.312 e. The fraction of sp³-hybridized carbons (Fsp3) is 0.591. The van der Waals surface area contributed by atoms with Gasteiger partial charge >= 0.3 is 11.8 Å². The quantitative estimate of drug-likeness (QED) is 0.621. The Labute approximate surface area is 178 Å². The molecule has 0 aliphatic carbocycles. The third-order valence-electron chi connectivity index (χ3n) is 6.22. The van der Waals surface area contributed by atoms with Gasteiger partial charge in [-0.2, -0.15) is 0 Å². The number of piperazine rings is 1. The monoisotopic (exact) mass is 416 g/mol. The number of nitrogens with one attached hydrogen (secondary N) is 2. The summed E-state index contributed by atoms with van der Waals surface area (Å²) >= 11 is 0. The normalized spacial score (nSPS) is 18.2. The van der Waals surface area contributed by atoms with Gasteiger partial charge in [-0.25, -0.2) is 0 Å². The molecule has 0 saturated carbocycles. The van der Waals surface area contributed by atoms with Crippen LogP contribution in [0.3, 0.4) is 0 Å². The third-order valence-corrected chi connectivity index (χ3v) is 6.22. The van der Waals surface area contributed by atoms with Gasteiger partial charge in [0.1, 0.15) is 6.04 Å². The molecule has 2 aliphatic rings. The van der Waals surface area contributed by atoms with E-state index in [1.54, 1.807) is 9.80 Å². The second kappa shape index (κ2) is 9.93. The van der Waals surface area contributed by atoms with Crippen molar-refractivity contribution in [2.75, 3.05) is 64.8 Å². The predicted molar refractivity (Wildman–Crippen MR) is 115 cm³/mol. The van der Waals surface area contributed by atoms with Crippen LogP contribution in [0.15, 0.2) is 24.3 Å². The summed E-state index contributed by atoms with van der Waals surface area (Å²) in [5.74, 6) is -1.06. The molecular formula is C22H34N5O3+. The molecule has 0 radical (unpaired) electrons. The van der Waals surface area contributed by atoms with E-state index in [-0.39, 0.29) is 11.9 Å². The van der Waals surface area contributed by atoms with Gasteiger partial charge in [-0.05, 0) is 12.1 Å². The summed E-state index contributed by atoms with van der Waals surface area (Å²) < 4.78 is 0. The van der Waals surface area contributed by atoms with Crippen molar-refractivity contribution in [3.63, 3.8) is 0 Å². The summed E-state index contributed by atoms with van der Waals surface area (Å²) in [4.78, 5) is 43.3. The van der Waals surface area contributed by atoms with Crippen LogP contribution in [0.25, 0.3) is 0 Å². The van der Waals surface area contributed by atoms with E-state index in [1.165, 1.54) is 30.2 Å². The summed E-state index contributed by atoms with van der Waals surface area (Å²) in [5.41, 5.74) is 2.32. The largest absolute Gasteiger partial charge is 0.378 e. The van der Waals surface area contributed by atoms with E-state index in [4.69, 9.17) is 0 Å². The van der Waals surface area contributed by atoms with Crippen LogP contribution in [-0.2, 0) is 14.4 Å². The molecule has 2 saturated heterocycles. The van der Waals surface area contributed by atoms with E-state index in [2.05, 4.69) is 34.5 Å². The number of anilines is 1. The Morgan fingerprint density at radius 3 is 2.10 bits per heavy atom. The van der Waals surface area contributed by atoms with E-state index in [1.807, 2.05) is 14.1 Å². The number of likely N-dealkylation sites (tertiary alicyclic amines) is 1. The maximum Gasteiger partial charge on any atom is 0.312 e. The maximum atomic E-state index is 12.6. The highest BCUT2D eigenvalue weighted by Crippen LogP contribution is 2.17. The van der Waals surface area contributed by atoms with E-state index >= 15 is 0 Å². The van der Waals surface area contributed by atoms with E-state index in [0.717, 1.165) is 18.8 Å². The first-order valence-corrected chi connectivity index (χ1v) is 10.8. The molecule has 3 amide bonds. The molecule has 2 fully saturated rings. The Morgan fingerprint density at radius 1 is 1.00 bits per heavy atom. The zero-order valence-electron chi connectivity index (χ0n) is 18.3. The van der Waals surface area contributed by atoms with E-state index in [0.29, 0.717) is 32.7 Å². The molecule has 0 spiro atoms. The van der Waals surface area contributed by atoms with Crippen LogP contribution in [-0.4, -0.2) is 87.4 Å². The molecule has 0 bridgehead atoms. The Hall–Kier alpha value is -2.61. The fourth-order valence-electron chi connectivity index (χ4n) is 4.32. The van der Waals surface area contributed by atoms with Crippen molar-refractivity contribution in [2.24, 2.45) is 0 Å². The van der Waals surface area contributed by atoms with E-state index < -0.39 is 11.8 Å². The molecule has 2 N–H and O–H groups in total. The molecule has 1 aromatic rings. The van der Waals surface area contributed by atoms with Gasteiger partial charge in [0.15, 0.2) is 0 Å². The first-order valence-electron chi connectivity index (χ1n) is 10.8. The summed E-state index contributed by atoms with van der Waals surface area (Å²) in [6.07, 6.45) is 2.38. The summed E-state index contributed by atoms with van der Waals surface area (Å²) in [6, 6.07) is 8.58. The molecule has 1 atom stereocenters. The van der Waals surface area contributed by atoms with Crippen LogP contribution < -0.4 is 15.1 Å². The lowest BCUT2D eigenvalue weighted by molar-refractivity contribution is -0.918. The Kier molecular flexibility index (Phi) is 7.31. The number of quaternary nitrogens is 1. The molecule has 2 aliphatic heterocycles. The van der Waals surface area contributed by atoms with Crippen LogP contribution in [0.2, 0.25) is 0 Å². The Morgan fingerprint density at radius 2 is 1.57 bits per heavy atom. The lowest BCUT2D eigenvalue weighted by Crippen LogP contribution is -3.11. The first-order chi connectivity index (χ1) is 14.4. The zero-order valence-corrected chi connectivity index (χ0v) is 18.3. The number of amides is 3. The Bertz CT molecular complexity index is 751. The van der Waals surface area contributed by atoms with Crippen molar-refractivity contribution in [1.82, 2.24) is 15.1 Å². The van der Waals surface area contributed by atoms with Crippen molar-refractivity contribution in [1.29, 1.82) is 0 Å². The predicted octanol–water partition coefficient (Wildman–Crippen LogP) is -0.721. The standard InChI is InChI=1S/C22H33N5O3/c1-17(28)25-12-14-27(15-13-25)22(30)21(29)23-16-20(26-10-4-5-11-26)18-6-8-19(9-7-18)24(2)3/h6-9,20H,4-5,10-16H2,1-3H3,(H,23,29)/p+1/t20-/m0/s1. The summed E-state index contributed by atoms with van der Waals surface area (Å²) in [6.45, 7) is 5.89. The van der Waals surface area contributed by atoms with Crippen molar-refractivity contribution in [2.45, 2.75) is 25.8 Å². The molecule has 8 nitrogen and oxygen atoms in total. The van der Waals surface area contributed by atoms with Gasteiger partial charge in [0.05, 0.1) is 19.6 Å². The summed E-state index contributed by atoms with van der Waals surface area (Å²) in [5, 5.41) is 2.88. The van der Waals surface area contributed by atoms with Gasteiger partial charge in [0.2, 0.25) is 5.91 Å². The molecule has 164 valence electrons. The Balaban J connectivity index is 1.60. The lowest BCUT2D eigenvalue weighted by Gasteiger charge is -2.33. The first kappa shape index (κ1) is 22.1. The van der Waals surface area contributed by atoms with Crippen LogP contribution in [0.1, 0.15) is 31.4 Å². The molecule has 3 rings (SSSR count). The van der Waals surface area contributed by atoms with Crippen LogP contribution in [0.4, 0.5) is 5.69 Å². The molecule has 30 heavy (non-hydrogen) atoms. The average Bonchev–Trinajstić information content (AvgIpc) is 3.28. The number of carbonyl (C=O) groups excluding carboxylic acids is 3. The van der Waals surface area contributed by atoms with Crippen LogP contribution in [0.5, 0.6) is 0 Å². The minimum Gasteiger partial charge on any atom is -0.378 e. The topological polar surface area (TPSA) is 77.4 Å². The second-order valence-corrected chi connectivity index (χ2v) is 8.41. The summed E-state index contributed by atoms with van der Waals surface area (Å²) in [7, 11) is 4.03. The number of nitrogens with zero attached hydrogens (tertiary/aromatic N) is 3. The number of rotatable bonds is 5. The van der Waals surface area contributed by atoms with Gasteiger partial charge in [-0.3, -0.25) is 14.4 Å². The van der Waals surface area contributed by atoms with Crippen molar-refractivity contribution in [3.05, 3.63) is 29.8 Å². The average molecular weight is 417 g/mol. The maximum absolute atomic E-state index is 12.6. The minimum absolute atomic E-state index is 0.00302. The zero-order chi connectivity index (χ0) is 21.7. The number of hydrogen-bond acceptors (Lipinski definition) is 4. The SMILES string of the molecule is CC(=O)N1CCN(C(=O)C(=O)NC[C@@H](c2ccc(N(C)C)cc2)[NH+]2CCCC2)CC1. The lowest BCUT2D eigenvalue weighted by atomic mass is 10.0. The van der Waals surface area contributed by atoms with Crippen molar-refractivity contribution in [3.8, 4) is 0 Å². The van der Waals surface area contributed by atoms with Gasteiger partial charge in [0.25, 0.3) is 0 Å². The number of benzene rings is 1. The third kappa shape index (κ3) is 5.30. The van der Waals surface area contributed by atoms with Crippen LogP contribution >= 0.6 is 0 Å². The van der Waals surface area contributed by atoms with E-state index in [9.17, 15) is 14.4 Å². The highest BCUT2D eigenvalue weighted by atomic mass is 16.2. The van der Waals surface area contributed by atoms with Crippen molar-refractivity contribution < 1.29 is 19.3 Å². The van der Waals surface area contributed by atoms with Crippen molar-refractivity contribution >= 4 is 23.4 Å². The number of carbonyl (C=O) groups is 3.